The Morgan fingerprint density at radius 2 is 2.06 bits per heavy atom. The van der Waals surface area contributed by atoms with Gasteiger partial charge in [-0.25, -0.2) is 0 Å². The number of amides is 1. The van der Waals surface area contributed by atoms with Crippen molar-refractivity contribution in [2.45, 2.75) is 28.3 Å². The van der Waals surface area contributed by atoms with Crippen LogP contribution in [-0.4, -0.2) is 40.6 Å². The summed E-state index contributed by atoms with van der Waals surface area (Å²) >= 11 is -2.29. The van der Waals surface area contributed by atoms with Crippen LogP contribution in [0.1, 0.15) is 6.92 Å². The predicted octanol–water partition coefficient (Wildman–Crippen LogP) is -0.0754. The van der Waals surface area contributed by atoms with Gasteiger partial charge in [-0.15, -0.1) is 0 Å². The molecule has 0 bridgehead atoms. The summed E-state index contributed by atoms with van der Waals surface area (Å²) in [5.74, 6) is -0.177. The Labute approximate surface area is 105 Å². The van der Waals surface area contributed by atoms with Crippen molar-refractivity contribution in [2.24, 2.45) is 0 Å². The molecule has 0 aliphatic rings. The van der Waals surface area contributed by atoms with E-state index in [2.05, 4.69) is 25.2 Å². The first-order valence-electron chi connectivity index (χ1n) is 5.70. The second kappa shape index (κ2) is 5.66. The van der Waals surface area contributed by atoms with Crippen molar-refractivity contribution < 1.29 is 4.79 Å². The molecule has 0 aliphatic carbocycles. The Bertz CT molecular complexity index is 463. The van der Waals surface area contributed by atoms with E-state index in [1.165, 1.54) is 10.7 Å². The number of nitrogens with one attached hydrogen (secondary N) is 1. The fraction of sp³-hybridized carbons (Fsp3) is 0.545. The summed E-state index contributed by atoms with van der Waals surface area (Å²) in [5.41, 5.74) is -0.226. The van der Waals surface area contributed by atoms with Crippen LogP contribution >= 0.6 is 0 Å². The molecule has 5 nitrogen and oxygen atoms in total. The molecular formula is C11H19N3O2Sn. The van der Waals surface area contributed by atoms with E-state index in [1.807, 2.05) is 6.92 Å². The SMILES string of the molecule is CCNC(=O)Cn1n[c]([Sn]([CH3])([CH3])[CH3])ccc1=O. The zero-order chi connectivity index (χ0) is 13.1. The van der Waals surface area contributed by atoms with E-state index in [0.29, 0.717) is 6.54 Å². The summed E-state index contributed by atoms with van der Waals surface area (Å²) < 4.78 is 2.26. The number of rotatable bonds is 4. The monoisotopic (exact) mass is 345 g/mol. The van der Waals surface area contributed by atoms with Gasteiger partial charge in [0.05, 0.1) is 0 Å². The van der Waals surface area contributed by atoms with Gasteiger partial charge in [0.2, 0.25) is 0 Å². The zero-order valence-corrected chi connectivity index (χ0v) is 13.6. The molecule has 0 atom stereocenters. The van der Waals surface area contributed by atoms with Crippen molar-refractivity contribution in [3.63, 3.8) is 0 Å². The fourth-order valence-electron chi connectivity index (χ4n) is 1.35. The Morgan fingerprint density at radius 3 is 2.59 bits per heavy atom. The first kappa shape index (κ1) is 14.2. The molecule has 1 rings (SSSR count). The third-order valence-corrected chi connectivity index (χ3v) is 7.45. The number of hydrogen-bond acceptors (Lipinski definition) is 3. The molecule has 0 fully saturated rings. The van der Waals surface area contributed by atoms with E-state index in [0.717, 1.165) is 3.71 Å². The number of carbonyl (C=O) groups excluding carboxylic acids is 1. The molecule has 17 heavy (non-hydrogen) atoms. The summed E-state index contributed by atoms with van der Waals surface area (Å²) in [5, 5.41) is 6.96. The molecule has 1 aromatic heterocycles. The molecule has 0 aliphatic heterocycles. The summed E-state index contributed by atoms with van der Waals surface area (Å²) in [6.45, 7) is 2.41. The predicted molar refractivity (Wildman–Crippen MR) is 70.2 cm³/mol. The van der Waals surface area contributed by atoms with Crippen molar-refractivity contribution >= 4 is 28.0 Å². The van der Waals surface area contributed by atoms with Gasteiger partial charge in [-0.2, -0.15) is 0 Å². The first-order chi connectivity index (χ1) is 7.84. The normalized spacial score (nSPS) is 11.3. The van der Waals surface area contributed by atoms with E-state index < -0.39 is 18.4 Å². The molecule has 6 heteroatoms. The Morgan fingerprint density at radius 1 is 1.41 bits per heavy atom. The van der Waals surface area contributed by atoms with Gasteiger partial charge in [0.15, 0.2) is 0 Å². The minimum atomic E-state index is -2.29. The summed E-state index contributed by atoms with van der Waals surface area (Å²) in [4.78, 5) is 29.7. The van der Waals surface area contributed by atoms with Gasteiger partial charge in [-0.05, 0) is 0 Å². The van der Waals surface area contributed by atoms with Crippen LogP contribution in [0.5, 0.6) is 0 Å². The molecular weight excluding hydrogens is 325 g/mol. The summed E-state index contributed by atoms with van der Waals surface area (Å²) in [6, 6.07) is 3.30. The molecule has 0 unspecified atom stereocenters. The molecule has 0 radical (unpaired) electrons. The number of aromatic nitrogens is 2. The Kier molecular flexibility index (Phi) is 4.73. The third-order valence-electron chi connectivity index (χ3n) is 2.30. The summed E-state index contributed by atoms with van der Waals surface area (Å²) in [6.07, 6.45) is 0. The average Bonchev–Trinajstić information content (AvgIpc) is 2.20. The minimum absolute atomic E-state index is 0.00244. The van der Waals surface area contributed by atoms with E-state index in [-0.39, 0.29) is 18.0 Å². The fourth-order valence-corrected chi connectivity index (χ4v) is 4.22. The molecule has 0 spiro atoms. The van der Waals surface area contributed by atoms with Crippen molar-refractivity contribution in [3.8, 4) is 0 Å². The van der Waals surface area contributed by atoms with Gasteiger partial charge in [-0.3, -0.25) is 0 Å². The van der Waals surface area contributed by atoms with E-state index in [9.17, 15) is 9.59 Å². The van der Waals surface area contributed by atoms with Crippen molar-refractivity contribution in [1.29, 1.82) is 0 Å². The van der Waals surface area contributed by atoms with E-state index in [1.54, 1.807) is 6.07 Å². The second-order valence-electron chi connectivity index (χ2n) is 4.92. The van der Waals surface area contributed by atoms with Crippen LogP contribution < -0.4 is 14.6 Å². The standard InChI is InChI=1S/C8H10N3O2.3CH3.Sn/c1-2-9-7(12)6-11-8(13)4-3-5-10-11;;;;/h3-4H,2,6H2,1H3,(H,9,12);3*1H3;. The zero-order valence-electron chi connectivity index (χ0n) is 10.8. The number of nitrogens with zero attached hydrogens (tertiary/aromatic N) is 2. The van der Waals surface area contributed by atoms with Gasteiger partial charge in [0, 0.05) is 0 Å². The average molecular weight is 344 g/mol. The van der Waals surface area contributed by atoms with Crippen molar-refractivity contribution in [2.75, 3.05) is 6.54 Å². The molecule has 1 N–H and O–H groups in total. The van der Waals surface area contributed by atoms with Gasteiger partial charge >= 0.3 is 105 Å². The molecule has 94 valence electrons. The quantitative estimate of drug-likeness (QED) is 0.778. The number of likely N-dealkylation sites (N-methyl/N-ethyl adjacent to an activating group) is 1. The topological polar surface area (TPSA) is 64.0 Å². The van der Waals surface area contributed by atoms with Crippen molar-refractivity contribution in [1.82, 2.24) is 15.1 Å². The van der Waals surface area contributed by atoms with Gasteiger partial charge in [0.1, 0.15) is 0 Å². The van der Waals surface area contributed by atoms with Crippen LogP contribution in [-0.2, 0) is 11.3 Å². The van der Waals surface area contributed by atoms with Gasteiger partial charge in [0.25, 0.3) is 0 Å². The number of carbonyl (C=O) groups is 1. The molecule has 1 heterocycles. The van der Waals surface area contributed by atoms with Crippen LogP contribution in [0.25, 0.3) is 0 Å². The second-order valence-corrected chi connectivity index (χ2v) is 19.2. The van der Waals surface area contributed by atoms with Crippen molar-refractivity contribution in [3.05, 3.63) is 22.5 Å². The van der Waals surface area contributed by atoms with Crippen LogP contribution in [0.4, 0.5) is 0 Å². The summed E-state index contributed by atoms with van der Waals surface area (Å²) in [7, 11) is 0. The van der Waals surface area contributed by atoms with E-state index >= 15 is 0 Å². The number of hydrogen-bond donors (Lipinski definition) is 1. The van der Waals surface area contributed by atoms with Crippen LogP contribution in [0.2, 0.25) is 14.8 Å². The molecule has 0 saturated carbocycles. The third kappa shape index (κ3) is 4.14. The van der Waals surface area contributed by atoms with Gasteiger partial charge in [-0.1, -0.05) is 0 Å². The molecule has 0 aromatic carbocycles. The van der Waals surface area contributed by atoms with Crippen LogP contribution in [0.3, 0.4) is 0 Å². The Hall–Kier alpha value is -0.851. The van der Waals surface area contributed by atoms with E-state index in [4.69, 9.17) is 0 Å². The van der Waals surface area contributed by atoms with Crippen LogP contribution in [0, 0.1) is 0 Å². The maximum absolute atomic E-state index is 11.6. The van der Waals surface area contributed by atoms with Crippen LogP contribution in [0.15, 0.2) is 16.9 Å². The molecule has 1 aromatic rings. The first-order valence-corrected chi connectivity index (χ1v) is 15.7. The maximum atomic E-state index is 11.6. The van der Waals surface area contributed by atoms with Gasteiger partial charge < -0.3 is 0 Å². The molecule has 0 saturated heterocycles. The molecule has 1 amide bonds. The Balaban J connectivity index is 2.99.